The zero-order valence-corrected chi connectivity index (χ0v) is 13.7. The van der Waals surface area contributed by atoms with Crippen LogP contribution in [0.3, 0.4) is 0 Å². The van der Waals surface area contributed by atoms with Crippen LogP contribution < -0.4 is 0 Å². The first-order valence-corrected chi connectivity index (χ1v) is 8.84. The van der Waals surface area contributed by atoms with Gasteiger partial charge in [-0.25, -0.2) is 4.98 Å². The lowest BCUT2D eigenvalue weighted by molar-refractivity contribution is 0.400. The summed E-state index contributed by atoms with van der Waals surface area (Å²) in [5.74, 6) is 0.844. The molecule has 0 saturated heterocycles. The summed E-state index contributed by atoms with van der Waals surface area (Å²) in [6.45, 7) is 4.57. The summed E-state index contributed by atoms with van der Waals surface area (Å²) in [7, 11) is 0. The number of H-pyrrole nitrogens is 1. The number of aromatic nitrogens is 2. The largest absolute Gasteiger partial charge is 0.351 e. The van der Waals surface area contributed by atoms with E-state index in [0.29, 0.717) is 0 Å². The van der Waals surface area contributed by atoms with Gasteiger partial charge in [0.25, 0.3) is 0 Å². The lowest BCUT2D eigenvalue weighted by Crippen LogP contribution is -2.05. The Kier molecular flexibility index (Phi) is 10.3. The Morgan fingerprint density at radius 3 is 2.05 bits per heavy atom. The van der Waals surface area contributed by atoms with Gasteiger partial charge in [-0.05, 0) is 12.3 Å². The van der Waals surface area contributed by atoms with Crippen molar-refractivity contribution in [1.82, 2.24) is 9.97 Å². The number of aromatic amines is 1. The van der Waals surface area contributed by atoms with Crippen molar-refractivity contribution in [2.45, 2.75) is 90.9 Å². The van der Waals surface area contributed by atoms with E-state index in [2.05, 4.69) is 30.0 Å². The van der Waals surface area contributed by atoms with Crippen molar-refractivity contribution < 1.29 is 0 Å². The van der Waals surface area contributed by atoms with Crippen molar-refractivity contribution in [3.05, 3.63) is 18.2 Å². The smallest absolute Gasteiger partial charge is 0.0923 e. The molecule has 0 spiro atoms. The predicted octanol–water partition coefficient (Wildman–Crippen LogP) is 5.90. The number of unbranched alkanes of at least 4 members (excludes halogenated alkanes) is 7. The molecule has 0 fully saturated rings. The standard InChI is InChI=1S/C18H34N2/c1-3-5-7-9-11-13-17(12-10-8-6-4-2)14-18-15-19-16-20-18/h15-17H,3-14H2,1-2H3,(H,19,20)/t17-/m1/s1. The molecule has 1 rings (SSSR count). The second-order valence-corrected chi connectivity index (χ2v) is 6.18. The fourth-order valence-electron chi connectivity index (χ4n) is 2.94. The topological polar surface area (TPSA) is 28.7 Å². The second kappa shape index (κ2) is 12.0. The molecule has 0 amide bonds. The van der Waals surface area contributed by atoms with Gasteiger partial charge in [0.1, 0.15) is 0 Å². The summed E-state index contributed by atoms with van der Waals surface area (Å²) in [4.78, 5) is 7.49. The fraction of sp³-hybridized carbons (Fsp3) is 0.833. The molecule has 20 heavy (non-hydrogen) atoms. The van der Waals surface area contributed by atoms with E-state index in [1.54, 1.807) is 0 Å². The maximum Gasteiger partial charge on any atom is 0.0923 e. The lowest BCUT2D eigenvalue weighted by atomic mass is 9.90. The summed E-state index contributed by atoms with van der Waals surface area (Å²) in [5, 5.41) is 0. The van der Waals surface area contributed by atoms with Gasteiger partial charge < -0.3 is 4.98 Å². The Hall–Kier alpha value is -0.790. The van der Waals surface area contributed by atoms with Crippen molar-refractivity contribution in [3.8, 4) is 0 Å². The highest BCUT2D eigenvalue weighted by Gasteiger charge is 2.10. The number of nitrogens with one attached hydrogen (secondary N) is 1. The zero-order valence-electron chi connectivity index (χ0n) is 13.7. The molecule has 2 nitrogen and oxygen atoms in total. The average Bonchev–Trinajstić information content (AvgIpc) is 2.96. The highest BCUT2D eigenvalue weighted by molar-refractivity contribution is 4.95. The molecule has 2 heteroatoms. The summed E-state index contributed by atoms with van der Waals surface area (Å²) in [6.07, 6.45) is 20.3. The highest BCUT2D eigenvalue weighted by Crippen LogP contribution is 2.22. The van der Waals surface area contributed by atoms with Gasteiger partial charge in [-0.3, -0.25) is 0 Å². The van der Waals surface area contributed by atoms with E-state index in [1.807, 2.05) is 6.33 Å². The molecule has 1 heterocycles. The number of hydrogen-bond acceptors (Lipinski definition) is 1. The molecular formula is C18H34N2. The van der Waals surface area contributed by atoms with E-state index in [4.69, 9.17) is 0 Å². The van der Waals surface area contributed by atoms with Gasteiger partial charge in [0.15, 0.2) is 0 Å². The van der Waals surface area contributed by atoms with Crippen molar-refractivity contribution in [2.75, 3.05) is 0 Å². The number of nitrogens with zero attached hydrogens (tertiary/aromatic N) is 1. The summed E-state index contributed by atoms with van der Waals surface area (Å²) < 4.78 is 0. The molecule has 0 aliphatic carbocycles. The quantitative estimate of drug-likeness (QED) is 0.447. The van der Waals surface area contributed by atoms with Gasteiger partial charge in [0.05, 0.1) is 12.0 Å². The van der Waals surface area contributed by atoms with E-state index < -0.39 is 0 Å². The number of rotatable bonds is 13. The van der Waals surface area contributed by atoms with E-state index in [9.17, 15) is 0 Å². The van der Waals surface area contributed by atoms with Crippen molar-refractivity contribution in [1.29, 1.82) is 0 Å². The molecule has 0 radical (unpaired) electrons. The third kappa shape index (κ3) is 8.39. The van der Waals surface area contributed by atoms with E-state index in [1.165, 1.54) is 82.7 Å². The first-order chi connectivity index (χ1) is 9.86. The molecular weight excluding hydrogens is 244 g/mol. The van der Waals surface area contributed by atoms with Crippen LogP contribution in [-0.4, -0.2) is 9.97 Å². The Morgan fingerprint density at radius 2 is 1.50 bits per heavy atom. The van der Waals surface area contributed by atoms with Gasteiger partial charge in [-0.2, -0.15) is 0 Å². The molecule has 0 bridgehead atoms. The molecule has 0 aliphatic rings. The first kappa shape index (κ1) is 17.3. The van der Waals surface area contributed by atoms with Crippen LogP contribution in [-0.2, 0) is 6.42 Å². The van der Waals surface area contributed by atoms with Gasteiger partial charge in [0.2, 0.25) is 0 Å². The molecule has 116 valence electrons. The minimum Gasteiger partial charge on any atom is -0.351 e. The maximum atomic E-state index is 4.40. The van der Waals surface area contributed by atoms with Gasteiger partial charge >= 0.3 is 0 Å². The Labute approximate surface area is 125 Å². The third-order valence-electron chi connectivity index (χ3n) is 4.23. The highest BCUT2D eigenvalue weighted by atomic mass is 14.9. The lowest BCUT2D eigenvalue weighted by Gasteiger charge is -2.15. The van der Waals surface area contributed by atoms with Crippen molar-refractivity contribution in [2.24, 2.45) is 5.92 Å². The molecule has 0 aliphatic heterocycles. The molecule has 0 unspecified atom stereocenters. The molecule has 0 aromatic carbocycles. The molecule has 1 atom stereocenters. The van der Waals surface area contributed by atoms with Crippen LogP contribution in [0.25, 0.3) is 0 Å². The molecule has 1 aromatic heterocycles. The predicted molar refractivity (Wildman–Crippen MR) is 87.9 cm³/mol. The van der Waals surface area contributed by atoms with E-state index in [0.717, 1.165) is 5.92 Å². The normalized spacial score (nSPS) is 12.7. The van der Waals surface area contributed by atoms with Crippen LogP contribution in [0.4, 0.5) is 0 Å². The SMILES string of the molecule is CCCCCCC[C@@H](CCCCCC)Cc1c[nH]cn1. The van der Waals surface area contributed by atoms with Crippen LogP contribution in [0.1, 0.15) is 90.2 Å². The van der Waals surface area contributed by atoms with E-state index >= 15 is 0 Å². The van der Waals surface area contributed by atoms with Gasteiger partial charge in [-0.1, -0.05) is 84.5 Å². The zero-order chi connectivity index (χ0) is 14.5. The molecule has 1 aromatic rings. The van der Waals surface area contributed by atoms with Crippen molar-refractivity contribution in [3.63, 3.8) is 0 Å². The number of hydrogen-bond donors (Lipinski definition) is 1. The van der Waals surface area contributed by atoms with Crippen LogP contribution in [0.15, 0.2) is 12.5 Å². The summed E-state index contributed by atoms with van der Waals surface area (Å²) in [6, 6.07) is 0. The summed E-state index contributed by atoms with van der Waals surface area (Å²) in [5.41, 5.74) is 1.25. The van der Waals surface area contributed by atoms with Crippen molar-refractivity contribution >= 4 is 0 Å². The fourth-order valence-corrected chi connectivity index (χ4v) is 2.94. The third-order valence-corrected chi connectivity index (χ3v) is 4.23. The van der Waals surface area contributed by atoms with E-state index in [-0.39, 0.29) is 0 Å². The minimum atomic E-state index is 0.844. The summed E-state index contributed by atoms with van der Waals surface area (Å²) >= 11 is 0. The second-order valence-electron chi connectivity index (χ2n) is 6.18. The Morgan fingerprint density at radius 1 is 0.900 bits per heavy atom. The molecule has 1 N–H and O–H groups in total. The number of imidazole rings is 1. The van der Waals surface area contributed by atoms with Crippen LogP contribution in [0.5, 0.6) is 0 Å². The first-order valence-electron chi connectivity index (χ1n) is 8.84. The minimum absolute atomic E-state index is 0.844. The monoisotopic (exact) mass is 278 g/mol. The Balaban J connectivity index is 2.22. The molecule has 0 saturated carbocycles. The average molecular weight is 278 g/mol. The van der Waals surface area contributed by atoms with Crippen LogP contribution >= 0.6 is 0 Å². The van der Waals surface area contributed by atoms with Gasteiger partial charge in [-0.15, -0.1) is 0 Å². The van der Waals surface area contributed by atoms with Crippen LogP contribution in [0.2, 0.25) is 0 Å². The van der Waals surface area contributed by atoms with Gasteiger partial charge in [0, 0.05) is 6.20 Å². The maximum absolute atomic E-state index is 4.40. The Bertz CT molecular complexity index is 292. The van der Waals surface area contributed by atoms with Crippen LogP contribution in [0, 0.1) is 5.92 Å².